The molecule has 0 bridgehead atoms. The van der Waals surface area contributed by atoms with Crippen molar-refractivity contribution in [1.82, 2.24) is 0 Å². The molecule has 5 nitrogen and oxygen atoms in total. The standard InChI is InChI=1S/C7H6O3.C3H6O.CH4O/c8-6-4-2-1-3-5(6)7(9)10;1-3(2)4;1-2/h1-4,8H,(H,9,10);1-2H3;2H,1H3. The Labute approximate surface area is 94.0 Å². The molecule has 0 fully saturated rings. The Morgan fingerprint density at radius 3 is 1.69 bits per heavy atom. The van der Waals surface area contributed by atoms with Gasteiger partial charge in [-0.05, 0) is 26.0 Å². The van der Waals surface area contributed by atoms with E-state index in [-0.39, 0.29) is 17.1 Å². The van der Waals surface area contributed by atoms with Gasteiger partial charge in [0.1, 0.15) is 17.1 Å². The van der Waals surface area contributed by atoms with Crippen LogP contribution in [0, 0.1) is 0 Å². The number of para-hydroxylation sites is 1. The highest BCUT2D eigenvalue weighted by molar-refractivity contribution is 5.90. The number of hydrogen-bond donors (Lipinski definition) is 3. The third kappa shape index (κ3) is 8.71. The van der Waals surface area contributed by atoms with Crippen LogP contribution < -0.4 is 0 Å². The second kappa shape index (κ2) is 9.67. The maximum Gasteiger partial charge on any atom is 0.339 e. The van der Waals surface area contributed by atoms with Crippen LogP contribution in [0.3, 0.4) is 0 Å². The van der Waals surface area contributed by atoms with Crippen LogP contribution in [-0.2, 0) is 4.79 Å². The third-order valence-electron chi connectivity index (χ3n) is 1.13. The highest BCUT2D eigenvalue weighted by Gasteiger charge is 2.05. The third-order valence-corrected chi connectivity index (χ3v) is 1.13. The molecule has 0 radical (unpaired) electrons. The van der Waals surface area contributed by atoms with Gasteiger partial charge in [0.25, 0.3) is 0 Å². The molecule has 0 unspecified atom stereocenters. The van der Waals surface area contributed by atoms with Crippen LogP contribution in [0.1, 0.15) is 24.2 Å². The summed E-state index contributed by atoms with van der Waals surface area (Å²) >= 11 is 0. The molecule has 1 rings (SSSR count). The van der Waals surface area contributed by atoms with Crippen molar-refractivity contribution in [3.63, 3.8) is 0 Å². The number of aromatic carboxylic acids is 1. The first-order valence-electron chi connectivity index (χ1n) is 4.38. The minimum absolute atomic E-state index is 0.0671. The number of aromatic hydroxyl groups is 1. The molecule has 0 amide bonds. The van der Waals surface area contributed by atoms with Crippen LogP contribution in [0.5, 0.6) is 5.75 Å². The molecule has 0 heterocycles. The highest BCUT2D eigenvalue weighted by Crippen LogP contribution is 2.14. The van der Waals surface area contributed by atoms with Crippen molar-refractivity contribution < 1.29 is 24.9 Å². The minimum atomic E-state index is -1.11. The number of Topliss-reactive ketones (excluding diaryl/α,β-unsaturated/α-hetero) is 1. The number of carbonyl (C=O) groups is 2. The second-order valence-electron chi connectivity index (χ2n) is 2.73. The molecule has 1 aromatic carbocycles. The molecule has 0 aromatic heterocycles. The number of hydrogen-bond acceptors (Lipinski definition) is 4. The van der Waals surface area contributed by atoms with E-state index in [1.807, 2.05) is 0 Å². The van der Waals surface area contributed by atoms with Gasteiger partial charge in [0.15, 0.2) is 0 Å². The lowest BCUT2D eigenvalue weighted by Gasteiger charge is -1.95. The largest absolute Gasteiger partial charge is 0.507 e. The Hall–Kier alpha value is -1.88. The lowest BCUT2D eigenvalue weighted by Crippen LogP contribution is -1.95. The van der Waals surface area contributed by atoms with Gasteiger partial charge in [-0.15, -0.1) is 0 Å². The average Bonchev–Trinajstić information content (AvgIpc) is 2.20. The van der Waals surface area contributed by atoms with E-state index in [9.17, 15) is 9.59 Å². The van der Waals surface area contributed by atoms with Gasteiger partial charge in [0.2, 0.25) is 0 Å². The maximum absolute atomic E-state index is 10.3. The minimum Gasteiger partial charge on any atom is -0.507 e. The SMILES string of the molecule is CC(C)=O.CO.O=C(O)c1ccccc1O. The number of carboxylic acids is 1. The van der Waals surface area contributed by atoms with Gasteiger partial charge in [-0.3, -0.25) is 0 Å². The number of carboxylic acid groups (broad SMARTS) is 1. The first kappa shape index (κ1) is 16.5. The van der Waals surface area contributed by atoms with Crippen LogP contribution in [-0.4, -0.2) is 34.2 Å². The Morgan fingerprint density at radius 1 is 1.06 bits per heavy atom. The quantitative estimate of drug-likeness (QED) is 0.673. The molecule has 0 atom stereocenters. The van der Waals surface area contributed by atoms with E-state index in [1.165, 1.54) is 26.0 Å². The van der Waals surface area contributed by atoms with E-state index in [0.29, 0.717) is 0 Å². The molecule has 3 N–H and O–H groups in total. The van der Waals surface area contributed by atoms with Crippen LogP contribution in [0.4, 0.5) is 0 Å². The Kier molecular flexibility index (Phi) is 10.00. The van der Waals surface area contributed by atoms with Crippen LogP contribution in [0.25, 0.3) is 0 Å². The van der Waals surface area contributed by atoms with Crippen molar-refractivity contribution in [3.8, 4) is 5.75 Å². The van der Waals surface area contributed by atoms with Gasteiger partial charge in [0.05, 0.1) is 0 Å². The number of benzene rings is 1. The predicted molar refractivity (Wildman–Crippen MR) is 59.6 cm³/mol. The lowest BCUT2D eigenvalue weighted by molar-refractivity contribution is -0.115. The summed E-state index contributed by atoms with van der Waals surface area (Å²) in [5.41, 5.74) is -0.0671. The highest BCUT2D eigenvalue weighted by atomic mass is 16.4. The summed E-state index contributed by atoms with van der Waals surface area (Å²) in [4.78, 5) is 19.7. The molecule has 0 aliphatic carbocycles. The maximum atomic E-state index is 10.3. The lowest BCUT2D eigenvalue weighted by atomic mass is 10.2. The summed E-state index contributed by atoms with van der Waals surface area (Å²) < 4.78 is 0. The van der Waals surface area contributed by atoms with Gasteiger partial charge in [-0.2, -0.15) is 0 Å². The van der Waals surface area contributed by atoms with Crippen molar-refractivity contribution in [1.29, 1.82) is 0 Å². The Balaban J connectivity index is 0. The summed E-state index contributed by atoms with van der Waals surface area (Å²) in [5, 5.41) is 24.3. The van der Waals surface area contributed by atoms with Crippen LogP contribution in [0.15, 0.2) is 24.3 Å². The number of rotatable bonds is 1. The molecular formula is C11H16O5. The molecule has 5 heteroatoms. The Morgan fingerprint density at radius 2 is 1.44 bits per heavy atom. The summed E-state index contributed by atoms with van der Waals surface area (Å²) in [7, 11) is 1.00. The average molecular weight is 228 g/mol. The first-order valence-corrected chi connectivity index (χ1v) is 4.38. The zero-order valence-corrected chi connectivity index (χ0v) is 9.47. The van der Waals surface area contributed by atoms with Crippen molar-refractivity contribution in [3.05, 3.63) is 29.8 Å². The fraction of sp³-hybridized carbons (Fsp3) is 0.273. The molecular weight excluding hydrogens is 212 g/mol. The Bertz CT molecular complexity index is 329. The monoisotopic (exact) mass is 228 g/mol. The van der Waals surface area contributed by atoms with Crippen LogP contribution in [0.2, 0.25) is 0 Å². The predicted octanol–water partition coefficient (Wildman–Crippen LogP) is 1.29. The topological polar surface area (TPSA) is 94.8 Å². The molecule has 16 heavy (non-hydrogen) atoms. The van der Waals surface area contributed by atoms with Crippen molar-refractivity contribution in [2.24, 2.45) is 0 Å². The van der Waals surface area contributed by atoms with E-state index >= 15 is 0 Å². The van der Waals surface area contributed by atoms with Crippen molar-refractivity contribution in [2.45, 2.75) is 13.8 Å². The van der Waals surface area contributed by atoms with Crippen molar-refractivity contribution >= 4 is 11.8 Å². The number of phenols is 1. The molecule has 1 aromatic rings. The number of ketones is 1. The molecule has 0 aliphatic rings. The van der Waals surface area contributed by atoms with Gasteiger partial charge in [-0.1, -0.05) is 12.1 Å². The van der Waals surface area contributed by atoms with Gasteiger partial charge < -0.3 is 20.1 Å². The fourth-order valence-corrected chi connectivity index (χ4v) is 0.654. The zero-order valence-electron chi connectivity index (χ0n) is 9.47. The first-order chi connectivity index (χ1) is 7.45. The molecule has 0 saturated carbocycles. The van der Waals surface area contributed by atoms with E-state index in [1.54, 1.807) is 12.1 Å². The normalized spacial score (nSPS) is 7.75. The number of carbonyl (C=O) groups excluding carboxylic acids is 1. The summed E-state index contributed by atoms with van der Waals surface area (Å²) in [6, 6.07) is 5.81. The number of aliphatic hydroxyl groups excluding tert-OH is 1. The molecule has 90 valence electrons. The molecule has 0 saturated heterocycles. The molecule has 0 aliphatic heterocycles. The summed E-state index contributed by atoms with van der Waals surface area (Å²) in [6.45, 7) is 3.06. The fourth-order valence-electron chi connectivity index (χ4n) is 0.654. The molecule has 0 spiro atoms. The van der Waals surface area contributed by atoms with E-state index in [2.05, 4.69) is 0 Å². The van der Waals surface area contributed by atoms with E-state index in [0.717, 1.165) is 7.11 Å². The number of aliphatic hydroxyl groups is 1. The smallest absolute Gasteiger partial charge is 0.339 e. The van der Waals surface area contributed by atoms with E-state index in [4.69, 9.17) is 15.3 Å². The van der Waals surface area contributed by atoms with Gasteiger partial charge in [0, 0.05) is 7.11 Å². The van der Waals surface area contributed by atoms with E-state index < -0.39 is 5.97 Å². The summed E-state index contributed by atoms with van der Waals surface area (Å²) in [5.74, 6) is -1.15. The van der Waals surface area contributed by atoms with Crippen LogP contribution >= 0.6 is 0 Å². The van der Waals surface area contributed by atoms with Gasteiger partial charge in [-0.25, -0.2) is 4.79 Å². The zero-order chi connectivity index (χ0) is 13.1. The second-order valence-corrected chi connectivity index (χ2v) is 2.73. The summed E-state index contributed by atoms with van der Waals surface area (Å²) in [6.07, 6.45) is 0. The van der Waals surface area contributed by atoms with Crippen molar-refractivity contribution in [2.75, 3.05) is 7.11 Å². The van der Waals surface area contributed by atoms with Gasteiger partial charge >= 0.3 is 5.97 Å².